The molecular weight excluding hydrogens is 304 g/mol. The molecule has 0 saturated heterocycles. The van der Waals surface area contributed by atoms with Gasteiger partial charge in [0.25, 0.3) is 0 Å². The van der Waals surface area contributed by atoms with Gasteiger partial charge in [-0.3, -0.25) is 0 Å². The summed E-state index contributed by atoms with van der Waals surface area (Å²) in [5.74, 6) is -0.437. The number of rotatable bonds is 0. The van der Waals surface area contributed by atoms with E-state index in [1.54, 1.807) is 12.2 Å². The van der Waals surface area contributed by atoms with Crippen LogP contribution in [0.4, 0.5) is 0 Å². The highest BCUT2D eigenvalue weighted by atomic mass is 16.5. The number of ether oxygens (including phenoxy) is 2. The molecule has 0 atom stereocenters. The first-order valence-corrected chi connectivity index (χ1v) is 9.45. The van der Waals surface area contributed by atoms with Gasteiger partial charge in [0, 0.05) is 12.2 Å². The highest BCUT2D eigenvalue weighted by Crippen LogP contribution is 2.08. The molecular formula is C20H32O4. The van der Waals surface area contributed by atoms with Crippen LogP contribution in [0.3, 0.4) is 0 Å². The summed E-state index contributed by atoms with van der Waals surface area (Å²) >= 11 is 0. The van der Waals surface area contributed by atoms with Crippen LogP contribution in [0.15, 0.2) is 24.3 Å². The highest BCUT2D eigenvalue weighted by molar-refractivity contribution is 5.82. The predicted octanol–water partition coefficient (Wildman–Crippen LogP) is 4.88. The van der Waals surface area contributed by atoms with Crippen molar-refractivity contribution in [3.63, 3.8) is 0 Å². The Kier molecular flexibility index (Phi) is 12.8. The van der Waals surface area contributed by atoms with Crippen molar-refractivity contribution >= 4 is 11.9 Å². The van der Waals surface area contributed by atoms with Gasteiger partial charge < -0.3 is 9.47 Å². The van der Waals surface area contributed by atoms with E-state index in [0.717, 1.165) is 77.0 Å². The molecule has 0 fully saturated rings. The van der Waals surface area contributed by atoms with E-state index in [0.29, 0.717) is 13.2 Å². The predicted molar refractivity (Wildman–Crippen MR) is 95.6 cm³/mol. The van der Waals surface area contributed by atoms with Crippen molar-refractivity contribution in [2.45, 2.75) is 77.0 Å². The molecule has 24 heavy (non-hydrogen) atoms. The van der Waals surface area contributed by atoms with Crippen LogP contribution < -0.4 is 0 Å². The standard InChI is InChI=1S/C20H32O4/c21-19-15-11-7-3-1-5-9-13-17-23-20(22)16-12-8-4-2-6-10-14-18-24-19/h11-12,15-16H,1-10,13-14,17-18H2. The molecule has 1 rings (SSSR count). The summed E-state index contributed by atoms with van der Waals surface area (Å²) < 4.78 is 10.4. The quantitative estimate of drug-likeness (QED) is 0.592. The van der Waals surface area contributed by atoms with Crippen LogP contribution in [0.25, 0.3) is 0 Å². The van der Waals surface area contributed by atoms with Crippen molar-refractivity contribution in [3.05, 3.63) is 24.3 Å². The van der Waals surface area contributed by atoms with Gasteiger partial charge >= 0.3 is 11.9 Å². The van der Waals surface area contributed by atoms with E-state index in [1.165, 1.54) is 0 Å². The second kappa shape index (κ2) is 15.0. The maximum absolute atomic E-state index is 11.5. The average molecular weight is 336 g/mol. The van der Waals surface area contributed by atoms with Crippen molar-refractivity contribution in [1.82, 2.24) is 0 Å². The van der Waals surface area contributed by atoms with Gasteiger partial charge in [0.2, 0.25) is 0 Å². The molecule has 1 aliphatic rings. The lowest BCUT2D eigenvalue weighted by Gasteiger charge is -2.03. The van der Waals surface area contributed by atoms with Crippen LogP contribution in [0.2, 0.25) is 0 Å². The molecule has 0 aliphatic carbocycles. The third kappa shape index (κ3) is 12.9. The average Bonchev–Trinajstić information content (AvgIpc) is 2.57. The number of hydrogen-bond donors (Lipinski definition) is 0. The minimum absolute atomic E-state index is 0.218. The lowest BCUT2D eigenvalue weighted by atomic mass is 10.1. The SMILES string of the molecule is O=C1C=CCCCCCCCOC(=O)C=CCCCCCCCO1. The van der Waals surface area contributed by atoms with E-state index in [9.17, 15) is 9.59 Å². The number of hydrogen-bond acceptors (Lipinski definition) is 4. The molecule has 0 aromatic heterocycles. The van der Waals surface area contributed by atoms with Crippen molar-refractivity contribution in [3.8, 4) is 0 Å². The van der Waals surface area contributed by atoms with Gasteiger partial charge in [0.1, 0.15) is 0 Å². The van der Waals surface area contributed by atoms with Gasteiger partial charge in [-0.25, -0.2) is 9.59 Å². The van der Waals surface area contributed by atoms with E-state index in [1.807, 2.05) is 12.2 Å². The minimum Gasteiger partial charge on any atom is -0.463 e. The van der Waals surface area contributed by atoms with Crippen LogP contribution in [0.5, 0.6) is 0 Å². The highest BCUT2D eigenvalue weighted by Gasteiger charge is 1.99. The fraction of sp³-hybridized carbons (Fsp3) is 0.700. The summed E-state index contributed by atoms with van der Waals surface area (Å²) in [5.41, 5.74) is 0. The van der Waals surface area contributed by atoms with Crippen LogP contribution in [0, 0.1) is 0 Å². The van der Waals surface area contributed by atoms with Gasteiger partial charge in [-0.1, -0.05) is 50.7 Å². The maximum atomic E-state index is 11.5. The summed E-state index contributed by atoms with van der Waals surface area (Å²) in [6.07, 6.45) is 19.4. The van der Waals surface area contributed by atoms with Gasteiger partial charge in [0.15, 0.2) is 0 Å². The summed E-state index contributed by atoms with van der Waals surface area (Å²) in [7, 11) is 0. The molecule has 0 spiro atoms. The summed E-state index contributed by atoms with van der Waals surface area (Å²) in [5, 5.41) is 0. The molecule has 1 heterocycles. The Balaban J connectivity index is 2.26. The number of cyclic esters (lactones) is 2. The second-order valence-corrected chi connectivity index (χ2v) is 6.25. The smallest absolute Gasteiger partial charge is 0.330 e. The largest absolute Gasteiger partial charge is 0.463 e. The number of carbonyl (C=O) groups is 2. The van der Waals surface area contributed by atoms with Crippen LogP contribution in [-0.2, 0) is 19.1 Å². The van der Waals surface area contributed by atoms with Gasteiger partial charge in [-0.05, 0) is 38.5 Å². The lowest BCUT2D eigenvalue weighted by Crippen LogP contribution is -2.02. The molecule has 4 nitrogen and oxygen atoms in total. The molecule has 0 aromatic carbocycles. The van der Waals surface area contributed by atoms with Gasteiger partial charge in [-0.2, -0.15) is 0 Å². The third-order valence-electron chi connectivity index (χ3n) is 4.03. The fourth-order valence-corrected chi connectivity index (χ4v) is 2.59. The van der Waals surface area contributed by atoms with Crippen LogP contribution >= 0.6 is 0 Å². The van der Waals surface area contributed by atoms with E-state index in [2.05, 4.69) is 0 Å². The number of esters is 2. The van der Waals surface area contributed by atoms with Gasteiger partial charge in [-0.15, -0.1) is 0 Å². The normalized spacial score (nSPS) is 21.2. The Morgan fingerprint density at radius 2 is 0.917 bits per heavy atom. The zero-order chi connectivity index (χ0) is 17.3. The van der Waals surface area contributed by atoms with E-state index >= 15 is 0 Å². The molecule has 0 amide bonds. The molecule has 0 radical (unpaired) electrons. The molecule has 1 aliphatic heterocycles. The van der Waals surface area contributed by atoms with E-state index in [4.69, 9.17) is 9.47 Å². The van der Waals surface area contributed by atoms with E-state index < -0.39 is 0 Å². The molecule has 0 unspecified atom stereocenters. The zero-order valence-electron chi connectivity index (χ0n) is 14.8. The Hall–Kier alpha value is -1.58. The monoisotopic (exact) mass is 336 g/mol. The molecule has 0 N–H and O–H groups in total. The Morgan fingerprint density at radius 1 is 0.542 bits per heavy atom. The first-order valence-electron chi connectivity index (χ1n) is 9.45. The van der Waals surface area contributed by atoms with Crippen molar-refractivity contribution in [2.75, 3.05) is 13.2 Å². The Labute approximate surface area is 146 Å². The Morgan fingerprint density at radius 3 is 1.38 bits per heavy atom. The van der Waals surface area contributed by atoms with Crippen LogP contribution in [-0.4, -0.2) is 25.2 Å². The molecule has 0 bridgehead atoms. The lowest BCUT2D eigenvalue weighted by molar-refractivity contribution is -0.138. The van der Waals surface area contributed by atoms with Crippen molar-refractivity contribution < 1.29 is 19.1 Å². The zero-order valence-corrected chi connectivity index (χ0v) is 14.8. The van der Waals surface area contributed by atoms with Crippen LogP contribution in [0.1, 0.15) is 77.0 Å². The Bertz CT molecular complexity index is 360. The molecule has 0 aromatic rings. The summed E-state index contributed by atoms with van der Waals surface area (Å²) in [6.45, 7) is 1.02. The topological polar surface area (TPSA) is 52.6 Å². The number of allylic oxidation sites excluding steroid dienone is 2. The molecule has 4 heteroatoms. The van der Waals surface area contributed by atoms with E-state index in [-0.39, 0.29) is 11.9 Å². The van der Waals surface area contributed by atoms with Crippen molar-refractivity contribution in [2.24, 2.45) is 0 Å². The minimum atomic E-state index is -0.218. The fourth-order valence-electron chi connectivity index (χ4n) is 2.59. The van der Waals surface area contributed by atoms with Gasteiger partial charge in [0.05, 0.1) is 13.2 Å². The number of carbonyl (C=O) groups excluding carboxylic acids is 2. The summed E-state index contributed by atoms with van der Waals surface area (Å²) in [6, 6.07) is 0. The first kappa shape index (κ1) is 20.5. The maximum Gasteiger partial charge on any atom is 0.330 e. The second-order valence-electron chi connectivity index (χ2n) is 6.25. The molecule has 0 saturated carbocycles. The summed E-state index contributed by atoms with van der Waals surface area (Å²) in [4.78, 5) is 23.0. The molecule has 136 valence electrons. The third-order valence-corrected chi connectivity index (χ3v) is 4.03. The first-order chi connectivity index (χ1) is 11.8. The van der Waals surface area contributed by atoms with Crippen molar-refractivity contribution in [1.29, 1.82) is 0 Å².